The van der Waals surface area contributed by atoms with Crippen LogP contribution in [-0.2, 0) is 17.8 Å². The summed E-state index contributed by atoms with van der Waals surface area (Å²) in [5, 5.41) is 4.80. The Hall–Kier alpha value is -3.41. The molecule has 0 fully saturated rings. The largest absolute Gasteiger partial charge is 0.356 e. The summed E-state index contributed by atoms with van der Waals surface area (Å²) in [7, 11) is 0. The molecule has 2 heterocycles. The van der Waals surface area contributed by atoms with Crippen molar-refractivity contribution in [2.75, 3.05) is 6.54 Å². The summed E-state index contributed by atoms with van der Waals surface area (Å²) in [6.45, 7) is 1.52. The molecule has 2 N–H and O–H groups in total. The van der Waals surface area contributed by atoms with Gasteiger partial charge in [0.2, 0.25) is 5.91 Å². The zero-order valence-electron chi connectivity index (χ0n) is 16.2. The van der Waals surface area contributed by atoms with Gasteiger partial charge in [-0.3, -0.25) is 9.59 Å². The van der Waals surface area contributed by atoms with E-state index in [1.807, 2.05) is 30.3 Å². The molecule has 0 aliphatic heterocycles. The summed E-state index contributed by atoms with van der Waals surface area (Å²) in [5.41, 5.74) is 1.77. The van der Waals surface area contributed by atoms with Crippen LogP contribution in [-0.4, -0.2) is 27.0 Å². The first-order valence-electron chi connectivity index (χ1n) is 9.99. The fourth-order valence-electron chi connectivity index (χ4n) is 3.57. The van der Waals surface area contributed by atoms with Crippen LogP contribution in [0.5, 0.6) is 0 Å². The third kappa shape index (κ3) is 4.54. The maximum Gasteiger partial charge on any atom is 0.258 e. The second kappa shape index (κ2) is 8.73. The van der Waals surface area contributed by atoms with Crippen LogP contribution in [0.1, 0.15) is 25.1 Å². The molecule has 0 spiro atoms. The van der Waals surface area contributed by atoms with Crippen LogP contribution >= 0.6 is 0 Å². The van der Waals surface area contributed by atoms with E-state index in [9.17, 15) is 9.59 Å². The highest BCUT2D eigenvalue weighted by molar-refractivity contribution is 5.80. The lowest BCUT2D eigenvalue weighted by molar-refractivity contribution is -0.121. The van der Waals surface area contributed by atoms with Crippen LogP contribution in [0.3, 0.4) is 0 Å². The minimum absolute atomic E-state index is 0.0329. The molecule has 2 aromatic carbocycles. The summed E-state index contributed by atoms with van der Waals surface area (Å²) in [6.07, 6.45) is 4.61. The molecule has 0 aliphatic rings. The van der Waals surface area contributed by atoms with Crippen molar-refractivity contribution in [1.82, 2.24) is 19.9 Å². The molecule has 0 saturated carbocycles. The molecule has 0 aliphatic carbocycles. The number of carbonyl (C=O) groups excluding carboxylic acids is 1. The Kier molecular flexibility index (Phi) is 5.70. The molecule has 29 heavy (non-hydrogen) atoms. The van der Waals surface area contributed by atoms with Crippen LogP contribution in [0.25, 0.3) is 21.8 Å². The van der Waals surface area contributed by atoms with Crippen LogP contribution in [0, 0.1) is 0 Å². The summed E-state index contributed by atoms with van der Waals surface area (Å²) < 4.78 is 2.21. The first-order chi connectivity index (χ1) is 14.2. The van der Waals surface area contributed by atoms with E-state index in [0.29, 0.717) is 42.5 Å². The van der Waals surface area contributed by atoms with Gasteiger partial charge in [0.25, 0.3) is 5.56 Å². The Morgan fingerprint density at radius 1 is 1.03 bits per heavy atom. The van der Waals surface area contributed by atoms with Gasteiger partial charge in [-0.15, -0.1) is 0 Å². The second-order valence-electron chi connectivity index (χ2n) is 7.15. The van der Waals surface area contributed by atoms with Gasteiger partial charge in [0.15, 0.2) is 0 Å². The highest BCUT2D eigenvalue weighted by atomic mass is 16.1. The van der Waals surface area contributed by atoms with Gasteiger partial charge < -0.3 is 14.9 Å². The Morgan fingerprint density at radius 2 is 1.86 bits per heavy atom. The van der Waals surface area contributed by atoms with Gasteiger partial charge in [0.05, 0.1) is 10.9 Å². The van der Waals surface area contributed by atoms with Gasteiger partial charge in [-0.2, -0.15) is 0 Å². The average molecular weight is 388 g/mol. The first-order valence-corrected chi connectivity index (χ1v) is 9.99. The Labute approximate surface area is 168 Å². The Morgan fingerprint density at radius 3 is 2.79 bits per heavy atom. The van der Waals surface area contributed by atoms with Gasteiger partial charge in [0.1, 0.15) is 5.82 Å². The van der Waals surface area contributed by atoms with E-state index in [0.717, 1.165) is 13.0 Å². The van der Waals surface area contributed by atoms with E-state index in [-0.39, 0.29) is 11.5 Å². The van der Waals surface area contributed by atoms with Gasteiger partial charge in [-0.05, 0) is 42.5 Å². The average Bonchev–Trinajstić information content (AvgIpc) is 3.14. The number of aromatic nitrogens is 3. The minimum Gasteiger partial charge on any atom is -0.356 e. The third-order valence-corrected chi connectivity index (χ3v) is 5.06. The monoisotopic (exact) mass is 388 g/mol. The maximum absolute atomic E-state index is 12.1. The first kappa shape index (κ1) is 18.9. The van der Waals surface area contributed by atoms with E-state index < -0.39 is 0 Å². The lowest BCUT2D eigenvalue weighted by Crippen LogP contribution is -2.25. The number of aromatic amines is 1. The van der Waals surface area contributed by atoms with Gasteiger partial charge in [-0.1, -0.05) is 30.3 Å². The van der Waals surface area contributed by atoms with Crippen LogP contribution in [0.2, 0.25) is 0 Å². The summed E-state index contributed by atoms with van der Waals surface area (Å²) in [4.78, 5) is 31.4. The molecule has 1 amide bonds. The number of nitrogens with zero attached hydrogens (tertiary/aromatic N) is 2. The van der Waals surface area contributed by atoms with E-state index in [1.165, 1.54) is 10.9 Å². The highest BCUT2D eigenvalue weighted by Crippen LogP contribution is 2.15. The quantitative estimate of drug-likeness (QED) is 0.454. The van der Waals surface area contributed by atoms with Crippen molar-refractivity contribution in [3.8, 4) is 0 Å². The molecule has 0 saturated heterocycles. The number of hydrogen-bond donors (Lipinski definition) is 2. The summed E-state index contributed by atoms with van der Waals surface area (Å²) in [5.74, 6) is 0.659. The molecule has 6 heteroatoms. The van der Waals surface area contributed by atoms with E-state index in [1.54, 1.807) is 6.07 Å². The van der Waals surface area contributed by atoms with Crippen molar-refractivity contribution in [2.24, 2.45) is 0 Å². The summed E-state index contributed by atoms with van der Waals surface area (Å²) in [6, 6.07) is 17.7. The van der Waals surface area contributed by atoms with Crippen molar-refractivity contribution in [3.63, 3.8) is 0 Å². The Bertz CT molecular complexity index is 1190. The van der Waals surface area contributed by atoms with Crippen LogP contribution < -0.4 is 10.9 Å². The molecule has 2 aromatic heterocycles. The van der Waals surface area contributed by atoms with Gasteiger partial charge in [-0.25, -0.2) is 4.98 Å². The molecule has 4 aromatic rings. The number of rotatable bonds is 8. The van der Waals surface area contributed by atoms with E-state index in [2.05, 4.69) is 44.2 Å². The molecular weight excluding hydrogens is 364 g/mol. The minimum atomic E-state index is -0.132. The number of aryl methyl sites for hydroxylation is 2. The van der Waals surface area contributed by atoms with Gasteiger partial charge in [0, 0.05) is 37.6 Å². The Balaban J connectivity index is 1.20. The SMILES string of the molecule is O=C(CCCc1nc2ccccc2c(=O)[nH]1)NCCCn1ccc2ccccc21. The fourth-order valence-corrected chi connectivity index (χ4v) is 3.57. The number of amides is 1. The highest BCUT2D eigenvalue weighted by Gasteiger charge is 2.06. The lowest BCUT2D eigenvalue weighted by atomic mass is 10.2. The van der Waals surface area contributed by atoms with Crippen molar-refractivity contribution in [2.45, 2.75) is 32.2 Å². The molecule has 0 atom stereocenters. The van der Waals surface area contributed by atoms with E-state index in [4.69, 9.17) is 0 Å². The van der Waals surface area contributed by atoms with Crippen molar-refractivity contribution in [3.05, 3.63) is 77.0 Å². The molecule has 148 valence electrons. The molecule has 4 rings (SSSR count). The maximum atomic E-state index is 12.1. The number of benzene rings is 2. The number of hydrogen-bond acceptors (Lipinski definition) is 3. The number of fused-ring (bicyclic) bond motifs is 2. The van der Waals surface area contributed by atoms with E-state index >= 15 is 0 Å². The molecule has 6 nitrogen and oxygen atoms in total. The number of carbonyl (C=O) groups is 1. The predicted molar refractivity (Wildman–Crippen MR) is 115 cm³/mol. The third-order valence-electron chi connectivity index (χ3n) is 5.06. The molecule has 0 radical (unpaired) electrons. The van der Waals surface area contributed by atoms with Crippen LogP contribution in [0.15, 0.2) is 65.6 Å². The molecule has 0 unspecified atom stereocenters. The van der Waals surface area contributed by atoms with Gasteiger partial charge >= 0.3 is 0 Å². The number of H-pyrrole nitrogens is 1. The van der Waals surface area contributed by atoms with Crippen molar-refractivity contribution < 1.29 is 4.79 Å². The standard InChI is InChI=1S/C23H24N4O2/c28-22(24-14-6-15-27-16-13-17-7-1-4-10-20(17)27)12-5-11-21-25-19-9-3-2-8-18(19)23(29)26-21/h1-4,7-10,13,16H,5-6,11-12,14-15H2,(H,24,28)(H,25,26,29). The summed E-state index contributed by atoms with van der Waals surface area (Å²) >= 11 is 0. The lowest BCUT2D eigenvalue weighted by Gasteiger charge is -2.07. The molecular formula is C23H24N4O2. The van der Waals surface area contributed by atoms with Crippen molar-refractivity contribution >= 4 is 27.7 Å². The predicted octanol–water partition coefficient (Wildman–Crippen LogP) is 3.41. The van der Waals surface area contributed by atoms with Crippen molar-refractivity contribution in [1.29, 1.82) is 0 Å². The molecule has 0 bridgehead atoms. The smallest absolute Gasteiger partial charge is 0.258 e. The zero-order valence-corrected chi connectivity index (χ0v) is 16.2. The number of nitrogens with one attached hydrogen (secondary N) is 2. The normalized spacial score (nSPS) is 11.2. The second-order valence-corrected chi connectivity index (χ2v) is 7.15. The van der Waals surface area contributed by atoms with Crippen LogP contribution in [0.4, 0.5) is 0 Å². The zero-order chi connectivity index (χ0) is 20.1. The topological polar surface area (TPSA) is 79.8 Å². The fraction of sp³-hybridized carbons (Fsp3) is 0.261. The number of para-hydroxylation sites is 2.